The van der Waals surface area contributed by atoms with Gasteiger partial charge in [0.25, 0.3) is 0 Å². The molecule has 0 radical (unpaired) electrons. The van der Waals surface area contributed by atoms with Crippen LogP contribution in [0.5, 0.6) is 0 Å². The summed E-state index contributed by atoms with van der Waals surface area (Å²) in [4.78, 5) is 0. The van der Waals surface area contributed by atoms with E-state index in [9.17, 15) is 0 Å². The first-order chi connectivity index (χ1) is 6.79. The highest BCUT2D eigenvalue weighted by atomic mass is 127. The minimum absolute atomic E-state index is 0.556. The highest BCUT2D eigenvalue weighted by Crippen LogP contribution is 2.09. The van der Waals surface area contributed by atoms with Gasteiger partial charge in [0.05, 0.1) is 4.61 Å². The molecule has 0 bridgehead atoms. The van der Waals surface area contributed by atoms with Gasteiger partial charge in [0.15, 0.2) is 0 Å². The Kier molecular flexibility index (Phi) is 5.03. The van der Waals surface area contributed by atoms with Crippen molar-refractivity contribution in [3.8, 4) is 0 Å². The minimum Gasteiger partial charge on any atom is -0.373 e. The third kappa shape index (κ3) is 2.54. The number of alkyl halides is 1. The largest absolute Gasteiger partial charge is 0.537 e. The highest BCUT2D eigenvalue weighted by Gasteiger charge is 2.41. The molecule has 0 N–H and O–H groups in total. The zero-order chi connectivity index (χ0) is 10.4. The SMILES string of the molecule is CO[Si](OC)(OCI)c1ccccc1. The Hall–Kier alpha value is 0.0469. The summed E-state index contributed by atoms with van der Waals surface area (Å²) in [6, 6.07) is 9.78. The molecule has 1 aromatic carbocycles. The van der Waals surface area contributed by atoms with Crippen LogP contribution in [0, 0.1) is 0 Å². The average Bonchev–Trinajstić information content (AvgIpc) is 2.27. The van der Waals surface area contributed by atoms with Crippen molar-refractivity contribution in [2.24, 2.45) is 0 Å². The van der Waals surface area contributed by atoms with E-state index in [1.807, 2.05) is 30.3 Å². The van der Waals surface area contributed by atoms with Crippen molar-refractivity contribution in [2.45, 2.75) is 0 Å². The summed E-state index contributed by atoms with van der Waals surface area (Å²) in [5.74, 6) is 0. The van der Waals surface area contributed by atoms with Crippen molar-refractivity contribution in [3.05, 3.63) is 30.3 Å². The van der Waals surface area contributed by atoms with E-state index in [0.29, 0.717) is 4.61 Å². The third-order valence-corrected chi connectivity index (χ3v) is 5.45. The van der Waals surface area contributed by atoms with Crippen LogP contribution in [0.4, 0.5) is 0 Å². The van der Waals surface area contributed by atoms with Gasteiger partial charge in [-0.3, -0.25) is 0 Å². The lowest BCUT2D eigenvalue weighted by molar-refractivity contribution is 0.137. The highest BCUT2D eigenvalue weighted by molar-refractivity contribution is 14.1. The molecule has 5 heteroatoms. The van der Waals surface area contributed by atoms with Crippen molar-refractivity contribution in [2.75, 3.05) is 18.8 Å². The van der Waals surface area contributed by atoms with E-state index in [2.05, 4.69) is 22.6 Å². The van der Waals surface area contributed by atoms with Crippen LogP contribution in [0.3, 0.4) is 0 Å². The van der Waals surface area contributed by atoms with Crippen molar-refractivity contribution < 1.29 is 13.3 Å². The van der Waals surface area contributed by atoms with Crippen LogP contribution in [0.25, 0.3) is 0 Å². The van der Waals surface area contributed by atoms with Gasteiger partial charge in [-0.1, -0.05) is 52.9 Å². The summed E-state index contributed by atoms with van der Waals surface area (Å²) in [5.41, 5.74) is 0. The van der Waals surface area contributed by atoms with E-state index in [0.717, 1.165) is 5.19 Å². The first kappa shape index (κ1) is 12.1. The van der Waals surface area contributed by atoms with Crippen LogP contribution in [-0.4, -0.2) is 27.6 Å². The van der Waals surface area contributed by atoms with Gasteiger partial charge in [0.1, 0.15) is 0 Å². The molecule has 0 aliphatic carbocycles. The molecular weight excluding hydrogens is 311 g/mol. The Morgan fingerprint density at radius 1 is 1.14 bits per heavy atom. The standard InChI is InChI=1S/C9H13IO3Si/c1-11-14(12-2,13-8-10)9-6-4-3-5-7-9/h3-7H,8H2,1-2H3. The van der Waals surface area contributed by atoms with Gasteiger partial charge in [-0.15, -0.1) is 0 Å². The molecule has 0 saturated carbocycles. The number of benzene rings is 1. The molecule has 14 heavy (non-hydrogen) atoms. The summed E-state index contributed by atoms with van der Waals surface area (Å²) in [7, 11) is 0.613. The van der Waals surface area contributed by atoms with Gasteiger partial charge >= 0.3 is 8.80 Å². The quantitative estimate of drug-likeness (QED) is 0.467. The van der Waals surface area contributed by atoms with Crippen LogP contribution in [0.2, 0.25) is 0 Å². The van der Waals surface area contributed by atoms with Gasteiger partial charge in [-0.25, -0.2) is 0 Å². The van der Waals surface area contributed by atoms with E-state index in [-0.39, 0.29) is 0 Å². The summed E-state index contributed by atoms with van der Waals surface area (Å²) in [5, 5.41) is 0.988. The number of halogens is 1. The minimum atomic E-state index is -2.63. The molecule has 0 amide bonds. The Bertz CT molecular complexity index is 264. The average molecular weight is 324 g/mol. The molecule has 0 atom stereocenters. The molecule has 0 aromatic heterocycles. The molecule has 0 spiro atoms. The van der Waals surface area contributed by atoms with E-state index < -0.39 is 8.80 Å². The predicted molar refractivity (Wildman–Crippen MR) is 65.8 cm³/mol. The van der Waals surface area contributed by atoms with Crippen LogP contribution >= 0.6 is 22.6 Å². The molecule has 0 heterocycles. The van der Waals surface area contributed by atoms with Gasteiger partial charge in [0.2, 0.25) is 0 Å². The van der Waals surface area contributed by atoms with Gasteiger partial charge < -0.3 is 13.3 Å². The number of hydrogen-bond acceptors (Lipinski definition) is 3. The van der Waals surface area contributed by atoms with Crippen molar-refractivity contribution >= 4 is 36.6 Å². The number of rotatable bonds is 5. The van der Waals surface area contributed by atoms with E-state index in [1.165, 1.54) is 0 Å². The maximum absolute atomic E-state index is 5.60. The Labute approximate surface area is 98.9 Å². The fourth-order valence-corrected chi connectivity index (χ4v) is 4.25. The van der Waals surface area contributed by atoms with Crippen molar-refractivity contribution in [1.82, 2.24) is 0 Å². The smallest absolute Gasteiger partial charge is 0.373 e. The molecule has 1 aromatic rings. The molecule has 0 aliphatic heterocycles. The van der Waals surface area contributed by atoms with Gasteiger partial charge in [0, 0.05) is 19.4 Å². The maximum atomic E-state index is 5.60. The zero-order valence-corrected chi connectivity index (χ0v) is 11.4. The molecule has 3 nitrogen and oxygen atoms in total. The molecule has 78 valence electrons. The maximum Gasteiger partial charge on any atom is 0.537 e. The van der Waals surface area contributed by atoms with Crippen molar-refractivity contribution in [3.63, 3.8) is 0 Å². The second kappa shape index (κ2) is 5.81. The van der Waals surface area contributed by atoms with Crippen LogP contribution in [-0.2, 0) is 13.3 Å². The van der Waals surface area contributed by atoms with E-state index >= 15 is 0 Å². The second-order valence-corrected chi connectivity index (χ2v) is 6.00. The van der Waals surface area contributed by atoms with Crippen LogP contribution in [0.1, 0.15) is 0 Å². The molecular formula is C9H13IO3Si. The molecule has 1 rings (SSSR count). The lowest BCUT2D eigenvalue weighted by Gasteiger charge is -2.25. The zero-order valence-electron chi connectivity index (χ0n) is 8.20. The third-order valence-electron chi connectivity index (χ3n) is 1.91. The number of hydrogen-bond donors (Lipinski definition) is 0. The summed E-state index contributed by atoms with van der Waals surface area (Å²) < 4.78 is 17.0. The fourth-order valence-electron chi connectivity index (χ4n) is 1.23. The lowest BCUT2D eigenvalue weighted by Crippen LogP contribution is -2.55. The van der Waals surface area contributed by atoms with E-state index in [1.54, 1.807) is 14.2 Å². The summed E-state index contributed by atoms with van der Waals surface area (Å²) >= 11 is 2.14. The molecule has 0 aliphatic rings. The monoisotopic (exact) mass is 324 g/mol. The summed E-state index contributed by atoms with van der Waals surface area (Å²) in [6.45, 7) is 0. The Morgan fingerprint density at radius 2 is 1.71 bits per heavy atom. The molecule has 0 unspecified atom stereocenters. The van der Waals surface area contributed by atoms with Crippen molar-refractivity contribution in [1.29, 1.82) is 0 Å². The van der Waals surface area contributed by atoms with Gasteiger partial charge in [-0.2, -0.15) is 0 Å². The first-order valence-corrected chi connectivity index (χ1v) is 7.40. The second-order valence-electron chi connectivity index (χ2n) is 2.58. The fraction of sp³-hybridized carbons (Fsp3) is 0.333. The van der Waals surface area contributed by atoms with Crippen LogP contribution in [0.15, 0.2) is 30.3 Å². The first-order valence-electron chi connectivity index (χ1n) is 4.15. The van der Waals surface area contributed by atoms with Crippen LogP contribution < -0.4 is 5.19 Å². The Balaban J connectivity index is 2.98. The van der Waals surface area contributed by atoms with Gasteiger partial charge in [-0.05, 0) is 0 Å². The molecule has 0 fully saturated rings. The summed E-state index contributed by atoms with van der Waals surface area (Å²) in [6.07, 6.45) is 0. The topological polar surface area (TPSA) is 27.7 Å². The predicted octanol–water partition coefficient (Wildman–Crippen LogP) is 1.53. The normalized spacial score (nSPS) is 11.6. The Morgan fingerprint density at radius 3 is 2.14 bits per heavy atom. The molecule has 0 saturated heterocycles. The van der Waals surface area contributed by atoms with E-state index in [4.69, 9.17) is 13.3 Å². The lowest BCUT2D eigenvalue weighted by atomic mass is 10.4.